The fourth-order valence-electron chi connectivity index (χ4n) is 2.38. The first-order chi connectivity index (χ1) is 11.4. The molecule has 0 radical (unpaired) electrons. The lowest BCUT2D eigenvalue weighted by molar-refractivity contribution is 0.189. The predicted octanol–water partition coefficient (Wildman–Crippen LogP) is 1.54. The van der Waals surface area contributed by atoms with E-state index in [-0.39, 0.29) is 29.3 Å². The van der Waals surface area contributed by atoms with E-state index >= 15 is 0 Å². The number of nitrogens with two attached hydrogens (primary N) is 1. The van der Waals surface area contributed by atoms with Gasteiger partial charge in [-0.2, -0.15) is 14.6 Å². The number of halogens is 2. The predicted molar refractivity (Wildman–Crippen MR) is 79.2 cm³/mol. The Labute approximate surface area is 134 Å². The molecular weight excluding hydrogens is 322 g/mol. The second-order valence-electron chi connectivity index (χ2n) is 5.06. The van der Waals surface area contributed by atoms with Crippen LogP contribution in [0.3, 0.4) is 0 Å². The Hall–Kier alpha value is -3.30. The van der Waals surface area contributed by atoms with Gasteiger partial charge in [-0.1, -0.05) is 0 Å². The van der Waals surface area contributed by atoms with Crippen LogP contribution in [0.25, 0.3) is 5.78 Å². The zero-order valence-corrected chi connectivity index (χ0v) is 12.1. The highest BCUT2D eigenvalue weighted by molar-refractivity contribution is 5.65. The number of aromatic nitrogens is 4. The molecule has 0 bridgehead atoms. The van der Waals surface area contributed by atoms with Gasteiger partial charge in [-0.25, -0.2) is 18.6 Å². The molecule has 0 saturated heterocycles. The molecule has 124 valence electrons. The van der Waals surface area contributed by atoms with Crippen LogP contribution >= 0.6 is 0 Å². The molecule has 8 nitrogen and oxygen atoms in total. The number of fused-ring (bicyclic) bond motifs is 1. The van der Waals surface area contributed by atoms with E-state index in [1.54, 1.807) is 0 Å². The third-order valence-electron chi connectivity index (χ3n) is 3.32. The summed E-state index contributed by atoms with van der Waals surface area (Å²) in [4.78, 5) is 19.1. The van der Waals surface area contributed by atoms with Crippen LogP contribution in [-0.2, 0) is 6.42 Å². The van der Waals surface area contributed by atoms with E-state index in [9.17, 15) is 13.6 Å². The van der Waals surface area contributed by atoms with Crippen molar-refractivity contribution in [1.29, 1.82) is 0 Å². The van der Waals surface area contributed by atoms with Crippen LogP contribution in [0.4, 0.5) is 19.4 Å². The summed E-state index contributed by atoms with van der Waals surface area (Å²) in [7, 11) is 0. The lowest BCUT2D eigenvalue weighted by Crippen LogP contribution is -2.29. The largest absolute Gasteiger partial charge is 0.465 e. The first-order valence-corrected chi connectivity index (χ1v) is 6.83. The SMILES string of the molecule is Nc1cc([C@H](Cc2cc(F)cc(F)c2)NC(=O)O)nc2ncnn12. The monoisotopic (exact) mass is 334 g/mol. The van der Waals surface area contributed by atoms with Gasteiger partial charge in [0.15, 0.2) is 0 Å². The van der Waals surface area contributed by atoms with Crippen molar-refractivity contribution in [2.24, 2.45) is 0 Å². The van der Waals surface area contributed by atoms with Crippen LogP contribution in [0, 0.1) is 11.6 Å². The number of hydrogen-bond acceptors (Lipinski definition) is 5. The fourth-order valence-corrected chi connectivity index (χ4v) is 2.38. The molecule has 3 aromatic rings. The second kappa shape index (κ2) is 6.07. The van der Waals surface area contributed by atoms with E-state index in [2.05, 4.69) is 20.4 Å². The average Bonchev–Trinajstić information content (AvgIpc) is 2.94. The van der Waals surface area contributed by atoms with Crippen LogP contribution in [0.2, 0.25) is 0 Å². The molecule has 0 aliphatic carbocycles. The highest BCUT2D eigenvalue weighted by atomic mass is 19.1. The summed E-state index contributed by atoms with van der Waals surface area (Å²) in [5, 5.41) is 15.2. The van der Waals surface area contributed by atoms with Crippen LogP contribution in [0.1, 0.15) is 17.3 Å². The summed E-state index contributed by atoms with van der Waals surface area (Å²) in [5.74, 6) is -1.11. The maximum atomic E-state index is 13.3. The Kier molecular flexibility index (Phi) is 3.94. The summed E-state index contributed by atoms with van der Waals surface area (Å²) in [6.07, 6.45) is -0.0690. The number of carboxylic acid groups (broad SMARTS) is 1. The van der Waals surface area contributed by atoms with E-state index in [0.29, 0.717) is 0 Å². The molecule has 2 heterocycles. The smallest absolute Gasteiger partial charge is 0.405 e. The molecule has 2 aromatic heterocycles. The normalized spacial score (nSPS) is 12.2. The summed E-state index contributed by atoms with van der Waals surface area (Å²) < 4.78 is 28.0. The number of amides is 1. The van der Waals surface area contributed by atoms with Gasteiger partial charge in [0.05, 0.1) is 11.7 Å². The van der Waals surface area contributed by atoms with Crippen LogP contribution in [0.15, 0.2) is 30.6 Å². The number of anilines is 1. The highest BCUT2D eigenvalue weighted by Gasteiger charge is 2.19. The Balaban J connectivity index is 1.99. The number of rotatable bonds is 4. The van der Waals surface area contributed by atoms with E-state index in [0.717, 1.165) is 18.2 Å². The van der Waals surface area contributed by atoms with E-state index in [1.807, 2.05) is 0 Å². The molecule has 24 heavy (non-hydrogen) atoms. The minimum Gasteiger partial charge on any atom is -0.465 e. The zero-order chi connectivity index (χ0) is 17.3. The molecule has 0 aliphatic heterocycles. The number of carbonyl (C=O) groups is 1. The Morgan fingerprint density at radius 1 is 1.29 bits per heavy atom. The van der Waals surface area contributed by atoms with Crippen molar-refractivity contribution in [3.63, 3.8) is 0 Å². The Morgan fingerprint density at radius 2 is 2.00 bits per heavy atom. The fraction of sp³-hybridized carbons (Fsp3) is 0.143. The Morgan fingerprint density at radius 3 is 2.67 bits per heavy atom. The van der Waals surface area contributed by atoms with Crippen molar-refractivity contribution in [1.82, 2.24) is 24.9 Å². The molecule has 0 spiro atoms. The topological polar surface area (TPSA) is 118 Å². The average molecular weight is 334 g/mol. The van der Waals surface area contributed by atoms with Crippen molar-refractivity contribution < 1.29 is 18.7 Å². The standard InChI is InChI=1S/C14H12F2N6O2/c15-8-1-7(2-9(16)4-8)3-10(21-14(23)24)11-5-12(17)22-13(20-11)18-6-19-22/h1-2,4-6,10,21H,3,17H2,(H,23,24)/t10-/m0/s1. The molecule has 0 saturated carbocycles. The first-order valence-electron chi connectivity index (χ1n) is 6.83. The molecule has 0 fully saturated rings. The molecule has 1 amide bonds. The van der Waals surface area contributed by atoms with Crippen LogP contribution < -0.4 is 11.1 Å². The van der Waals surface area contributed by atoms with Crippen LogP contribution in [0.5, 0.6) is 0 Å². The number of benzene rings is 1. The molecule has 0 unspecified atom stereocenters. The van der Waals surface area contributed by atoms with Crippen molar-refractivity contribution in [2.75, 3.05) is 5.73 Å². The number of nitrogen functional groups attached to an aromatic ring is 1. The first kappa shape index (κ1) is 15.6. The number of nitrogens with zero attached hydrogens (tertiary/aromatic N) is 4. The molecular formula is C14H12F2N6O2. The minimum absolute atomic E-state index is 0.0161. The van der Waals surface area contributed by atoms with Gasteiger partial charge >= 0.3 is 6.09 Å². The maximum absolute atomic E-state index is 13.3. The minimum atomic E-state index is -1.31. The van der Waals surface area contributed by atoms with Gasteiger partial charge in [-0.05, 0) is 24.1 Å². The summed E-state index contributed by atoms with van der Waals surface area (Å²) >= 11 is 0. The number of hydrogen-bond donors (Lipinski definition) is 3. The van der Waals surface area contributed by atoms with E-state index < -0.39 is 23.8 Å². The van der Waals surface area contributed by atoms with Gasteiger partial charge in [-0.15, -0.1) is 0 Å². The second-order valence-corrected chi connectivity index (χ2v) is 5.06. The third kappa shape index (κ3) is 3.21. The molecule has 0 aliphatic rings. The third-order valence-corrected chi connectivity index (χ3v) is 3.32. The van der Waals surface area contributed by atoms with Gasteiger partial charge in [-0.3, -0.25) is 0 Å². The van der Waals surface area contributed by atoms with E-state index in [4.69, 9.17) is 10.8 Å². The number of nitrogens with one attached hydrogen (secondary N) is 1. The lowest BCUT2D eigenvalue weighted by Gasteiger charge is -2.17. The van der Waals surface area contributed by atoms with Gasteiger partial charge in [0.2, 0.25) is 0 Å². The van der Waals surface area contributed by atoms with Crippen molar-refractivity contribution in [2.45, 2.75) is 12.5 Å². The molecule has 1 aromatic carbocycles. The van der Waals surface area contributed by atoms with Gasteiger partial charge in [0.1, 0.15) is 23.8 Å². The summed E-state index contributed by atoms with van der Waals surface area (Å²) in [5.41, 5.74) is 6.37. The summed E-state index contributed by atoms with van der Waals surface area (Å²) in [6, 6.07) is 3.55. The Bertz CT molecular complexity index is 893. The van der Waals surface area contributed by atoms with Gasteiger partial charge in [0.25, 0.3) is 5.78 Å². The lowest BCUT2D eigenvalue weighted by atomic mass is 10.0. The van der Waals surface area contributed by atoms with Gasteiger partial charge < -0.3 is 16.2 Å². The molecule has 4 N–H and O–H groups in total. The zero-order valence-electron chi connectivity index (χ0n) is 12.1. The van der Waals surface area contributed by atoms with Gasteiger partial charge in [0, 0.05) is 12.1 Å². The molecule has 1 atom stereocenters. The molecule has 3 rings (SSSR count). The van der Waals surface area contributed by atoms with Crippen molar-refractivity contribution in [3.8, 4) is 0 Å². The van der Waals surface area contributed by atoms with Crippen LogP contribution in [-0.4, -0.2) is 30.8 Å². The summed E-state index contributed by atoms with van der Waals surface area (Å²) in [6.45, 7) is 0. The highest BCUT2D eigenvalue weighted by Crippen LogP contribution is 2.21. The quantitative estimate of drug-likeness (QED) is 0.666. The van der Waals surface area contributed by atoms with Crippen molar-refractivity contribution >= 4 is 17.7 Å². The molecule has 10 heteroatoms. The van der Waals surface area contributed by atoms with E-state index in [1.165, 1.54) is 16.9 Å². The van der Waals surface area contributed by atoms with Crippen molar-refractivity contribution in [3.05, 3.63) is 53.5 Å². The maximum Gasteiger partial charge on any atom is 0.405 e.